The van der Waals surface area contributed by atoms with E-state index < -0.39 is 6.04 Å². The second kappa shape index (κ2) is 9.39. The van der Waals surface area contributed by atoms with Crippen LogP contribution in [0.15, 0.2) is 58.2 Å². The van der Waals surface area contributed by atoms with Crippen molar-refractivity contribution in [3.8, 4) is 11.5 Å². The van der Waals surface area contributed by atoms with E-state index in [1.807, 2.05) is 63.2 Å². The summed E-state index contributed by atoms with van der Waals surface area (Å²) >= 11 is 3.59. The molecule has 0 bridgehead atoms. The summed E-state index contributed by atoms with van der Waals surface area (Å²) in [5.41, 5.74) is 2.62. The van der Waals surface area contributed by atoms with Gasteiger partial charge in [0.15, 0.2) is 11.5 Å². The van der Waals surface area contributed by atoms with Gasteiger partial charge < -0.3 is 20.1 Å². The minimum Gasteiger partial charge on any atom is -0.490 e. The van der Waals surface area contributed by atoms with E-state index in [1.54, 1.807) is 4.68 Å². The number of ether oxygens (including phenoxy) is 2. The van der Waals surface area contributed by atoms with Crippen molar-refractivity contribution in [2.45, 2.75) is 26.8 Å². The second-order valence-corrected chi connectivity index (χ2v) is 7.88. The summed E-state index contributed by atoms with van der Waals surface area (Å²) in [5, 5.41) is 18.1. The van der Waals surface area contributed by atoms with Gasteiger partial charge in [0.25, 0.3) is 5.91 Å². The van der Waals surface area contributed by atoms with Gasteiger partial charge in [-0.3, -0.25) is 4.79 Å². The Morgan fingerprint density at radius 2 is 1.94 bits per heavy atom. The Kier molecular flexibility index (Phi) is 6.40. The van der Waals surface area contributed by atoms with Crippen LogP contribution >= 0.6 is 15.9 Å². The van der Waals surface area contributed by atoms with Gasteiger partial charge in [-0.1, -0.05) is 23.3 Å². The Balaban J connectivity index is 1.82. The largest absolute Gasteiger partial charge is 0.490 e. The lowest BCUT2D eigenvalue weighted by molar-refractivity contribution is -0.113. The van der Waals surface area contributed by atoms with Crippen LogP contribution in [0.25, 0.3) is 0 Å². The first-order valence-electron chi connectivity index (χ1n) is 10.2. The topological polar surface area (TPSA) is 103 Å². The van der Waals surface area contributed by atoms with E-state index in [4.69, 9.17) is 9.47 Å². The predicted molar refractivity (Wildman–Crippen MR) is 124 cm³/mol. The third-order valence-corrected chi connectivity index (χ3v) is 5.52. The number of para-hydroxylation sites is 1. The molecular formula is C22H23BrN6O3. The normalized spacial score (nSPS) is 15.1. The van der Waals surface area contributed by atoms with Crippen molar-refractivity contribution >= 4 is 33.5 Å². The van der Waals surface area contributed by atoms with Gasteiger partial charge in [-0.05, 0) is 77.0 Å². The number of carbonyl (C=O) groups excluding carboxylic acids is 1. The highest BCUT2D eigenvalue weighted by Gasteiger charge is 2.35. The van der Waals surface area contributed by atoms with E-state index in [0.29, 0.717) is 52.1 Å². The van der Waals surface area contributed by atoms with Crippen molar-refractivity contribution in [2.75, 3.05) is 23.8 Å². The summed E-state index contributed by atoms with van der Waals surface area (Å²) in [5.74, 6) is 1.38. The summed E-state index contributed by atoms with van der Waals surface area (Å²) in [6, 6.07) is 12.5. The van der Waals surface area contributed by atoms with Gasteiger partial charge in [0.1, 0.15) is 6.04 Å². The van der Waals surface area contributed by atoms with Crippen LogP contribution in [0.3, 0.4) is 0 Å². The van der Waals surface area contributed by atoms with Crippen LogP contribution in [0.4, 0.5) is 11.6 Å². The quantitative estimate of drug-likeness (QED) is 0.503. The molecule has 2 heterocycles. The van der Waals surface area contributed by atoms with Crippen LogP contribution in [0.5, 0.6) is 11.5 Å². The SMILES string of the molecule is CCOc1cc(C2C(C(=O)Nc3ccccc3)=C(C)Nc3nnnn32)cc(Br)c1OCC. The van der Waals surface area contributed by atoms with Crippen molar-refractivity contribution in [1.82, 2.24) is 20.2 Å². The van der Waals surface area contributed by atoms with Crippen molar-refractivity contribution < 1.29 is 14.3 Å². The fourth-order valence-corrected chi connectivity index (χ4v) is 4.20. The number of hydrogen-bond acceptors (Lipinski definition) is 7. The number of benzene rings is 2. The molecule has 1 aliphatic heterocycles. The summed E-state index contributed by atoms with van der Waals surface area (Å²) < 4.78 is 13.9. The Labute approximate surface area is 193 Å². The van der Waals surface area contributed by atoms with E-state index in [-0.39, 0.29) is 5.91 Å². The first-order chi connectivity index (χ1) is 15.5. The summed E-state index contributed by atoms with van der Waals surface area (Å²) in [6.45, 7) is 6.61. The Hall–Kier alpha value is -3.40. The molecule has 10 heteroatoms. The van der Waals surface area contributed by atoms with Crippen molar-refractivity contribution in [3.05, 3.63) is 63.8 Å². The molecule has 4 rings (SSSR count). The highest BCUT2D eigenvalue weighted by atomic mass is 79.9. The van der Waals surface area contributed by atoms with Crippen LogP contribution in [-0.4, -0.2) is 39.3 Å². The molecule has 1 aliphatic rings. The fraction of sp³-hybridized carbons (Fsp3) is 0.273. The molecule has 1 unspecified atom stereocenters. The number of allylic oxidation sites excluding steroid dienone is 1. The number of aromatic nitrogens is 4. The van der Waals surface area contributed by atoms with Crippen molar-refractivity contribution in [3.63, 3.8) is 0 Å². The minimum atomic E-state index is -0.573. The smallest absolute Gasteiger partial charge is 0.255 e. The summed E-state index contributed by atoms with van der Waals surface area (Å²) in [4.78, 5) is 13.4. The van der Waals surface area contributed by atoms with Gasteiger partial charge in [-0.15, -0.1) is 0 Å². The standard InChI is InChI=1S/C22H23BrN6O3/c1-4-31-17-12-14(11-16(23)20(17)32-5-2)19-18(13(3)24-22-26-27-28-29(19)22)21(30)25-15-9-7-6-8-10-15/h6-12,19H,4-5H2,1-3H3,(H,25,30)(H,24,26,28). The molecule has 0 saturated heterocycles. The Morgan fingerprint density at radius 3 is 2.66 bits per heavy atom. The van der Waals surface area contributed by atoms with Crippen molar-refractivity contribution in [1.29, 1.82) is 0 Å². The van der Waals surface area contributed by atoms with E-state index in [9.17, 15) is 4.79 Å². The van der Waals surface area contributed by atoms with Gasteiger partial charge in [0, 0.05) is 11.4 Å². The van der Waals surface area contributed by atoms with Gasteiger partial charge in [-0.2, -0.15) is 4.68 Å². The minimum absolute atomic E-state index is 0.254. The molecule has 0 saturated carbocycles. The molecule has 0 fully saturated rings. The van der Waals surface area contributed by atoms with E-state index in [2.05, 4.69) is 42.1 Å². The second-order valence-electron chi connectivity index (χ2n) is 7.03. The highest BCUT2D eigenvalue weighted by Crippen LogP contribution is 2.42. The molecule has 2 aromatic carbocycles. The van der Waals surface area contributed by atoms with E-state index in [0.717, 1.165) is 5.56 Å². The molecule has 1 amide bonds. The number of rotatable bonds is 7. The van der Waals surface area contributed by atoms with E-state index in [1.165, 1.54) is 0 Å². The lowest BCUT2D eigenvalue weighted by Gasteiger charge is -2.28. The average molecular weight is 499 g/mol. The zero-order valence-corrected chi connectivity index (χ0v) is 19.5. The van der Waals surface area contributed by atoms with Crippen LogP contribution in [0.2, 0.25) is 0 Å². The highest BCUT2D eigenvalue weighted by molar-refractivity contribution is 9.10. The first kappa shape index (κ1) is 21.8. The Morgan fingerprint density at radius 1 is 1.19 bits per heavy atom. The molecular weight excluding hydrogens is 476 g/mol. The number of fused-ring (bicyclic) bond motifs is 1. The molecule has 1 aromatic heterocycles. The number of tetrazole rings is 1. The summed E-state index contributed by atoms with van der Waals surface area (Å²) in [7, 11) is 0. The molecule has 1 atom stereocenters. The number of nitrogens with one attached hydrogen (secondary N) is 2. The molecule has 0 radical (unpaired) electrons. The zero-order valence-electron chi connectivity index (χ0n) is 17.9. The number of hydrogen-bond donors (Lipinski definition) is 2. The molecule has 32 heavy (non-hydrogen) atoms. The van der Waals surface area contributed by atoms with Crippen LogP contribution in [-0.2, 0) is 4.79 Å². The monoisotopic (exact) mass is 498 g/mol. The Bertz CT molecular complexity index is 1160. The first-order valence-corrected chi connectivity index (χ1v) is 11.0. The van der Waals surface area contributed by atoms with Crippen LogP contribution in [0.1, 0.15) is 32.4 Å². The molecule has 3 aromatic rings. The number of nitrogens with zero attached hydrogens (tertiary/aromatic N) is 4. The molecule has 9 nitrogen and oxygen atoms in total. The third kappa shape index (κ3) is 4.18. The number of amides is 1. The van der Waals surface area contributed by atoms with Crippen LogP contribution < -0.4 is 20.1 Å². The van der Waals surface area contributed by atoms with Gasteiger partial charge in [0.05, 0.1) is 23.3 Å². The zero-order chi connectivity index (χ0) is 22.7. The maximum atomic E-state index is 13.4. The maximum Gasteiger partial charge on any atom is 0.255 e. The van der Waals surface area contributed by atoms with Gasteiger partial charge >= 0.3 is 0 Å². The molecule has 166 valence electrons. The molecule has 0 aliphatic carbocycles. The van der Waals surface area contributed by atoms with Gasteiger partial charge in [0.2, 0.25) is 5.95 Å². The van der Waals surface area contributed by atoms with Crippen LogP contribution in [0, 0.1) is 0 Å². The fourth-order valence-electron chi connectivity index (χ4n) is 3.63. The molecule has 2 N–H and O–H groups in total. The predicted octanol–water partition coefficient (Wildman–Crippen LogP) is 4.16. The average Bonchev–Trinajstić information content (AvgIpc) is 3.23. The van der Waals surface area contributed by atoms with E-state index >= 15 is 0 Å². The lowest BCUT2D eigenvalue weighted by Crippen LogP contribution is -2.31. The lowest BCUT2D eigenvalue weighted by atomic mass is 9.94. The summed E-state index contributed by atoms with van der Waals surface area (Å²) in [6.07, 6.45) is 0. The van der Waals surface area contributed by atoms with Gasteiger partial charge in [-0.25, -0.2) is 0 Å². The number of anilines is 2. The van der Waals surface area contributed by atoms with Crippen molar-refractivity contribution in [2.24, 2.45) is 0 Å². The maximum absolute atomic E-state index is 13.4. The molecule has 0 spiro atoms. The number of carbonyl (C=O) groups is 1. The number of halogens is 1. The third-order valence-electron chi connectivity index (χ3n) is 4.93.